The Morgan fingerprint density at radius 2 is 1.07 bits per heavy atom. The van der Waals surface area contributed by atoms with E-state index in [9.17, 15) is 0 Å². The van der Waals surface area contributed by atoms with Crippen LogP contribution in [0.25, 0.3) is 22.3 Å². The van der Waals surface area contributed by atoms with Crippen molar-refractivity contribution in [2.45, 2.75) is 12.3 Å². The predicted molar refractivity (Wildman–Crippen MR) is 182 cm³/mol. The fraction of sp³-hybridized carbons (Fsp3) is 0.0476. The fourth-order valence-corrected chi connectivity index (χ4v) is 7.67. The Bertz CT molecular complexity index is 2170. The molecule has 6 aromatic rings. The summed E-state index contributed by atoms with van der Waals surface area (Å²) < 4.78 is 13.3. The Kier molecular flexibility index (Phi) is 5.48. The summed E-state index contributed by atoms with van der Waals surface area (Å²) in [4.78, 5) is 2.20. The minimum Gasteiger partial charge on any atom is -0.449 e. The molecule has 6 aromatic carbocycles. The molecule has 0 saturated heterocycles. The number of anilines is 2. The van der Waals surface area contributed by atoms with Crippen molar-refractivity contribution in [2.24, 2.45) is 0 Å². The second-order valence-electron chi connectivity index (χ2n) is 11.8. The number of nitrogens with zero attached hydrogens (tertiary/aromatic N) is 1. The number of hydrogen-bond acceptors (Lipinski definition) is 3. The molecule has 0 amide bonds. The zero-order valence-electron chi connectivity index (χ0n) is 24.8. The zero-order chi connectivity index (χ0) is 30.1. The summed E-state index contributed by atoms with van der Waals surface area (Å²) >= 11 is 0. The number of rotatable bonds is 4. The third-order valence-electron chi connectivity index (χ3n) is 9.41. The maximum atomic E-state index is 6.76. The SMILES string of the molecule is C=C/C=C(\C)N(c1ccccc1)c1ccc2c(c1)Oc1cc3c(cc1O2)-c1ccccc1C31c2ccccc2-c2ccccc21. The molecule has 0 N–H and O–H groups in total. The monoisotopic (exact) mass is 579 g/mol. The van der Waals surface area contributed by atoms with Gasteiger partial charge < -0.3 is 14.4 Å². The van der Waals surface area contributed by atoms with Gasteiger partial charge in [-0.1, -0.05) is 104 Å². The van der Waals surface area contributed by atoms with Gasteiger partial charge in [0.2, 0.25) is 0 Å². The maximum Gasteiger partial charge on any atom is 0.172 e. The summed E-state index contributed by atoms with van der Waals surface area (Å²) in [6.07, 6.45) is 3.82. The van der Waals surface area contributed by atoms with Crippen molar-refractivity contribution >= 4 is 11.4 Å². The highest BCUT2D eigenvalue weighted by molar-refractivity contribution is 5.95. The maximum absolute atomic E-state index is 6.76. The van der Waals surface area contributed by atoms with Crippen LogP contribution in [0.3, 0.4) is 0 Å². The zero-order valence-corrected chi connectivity index (χ0v) is 24.8. The molecule has 2 aliphatic carbocycles. The van der Waals surface area contributed by atoms with E-state index < -0.39 is 5.41 Å². The predicted octanol–water partition coefficient (Wildman–Crippen LogP) is 11.2. The van der Waals surface area contributed by atoms with Crippen LogP contribution < -0.4 is 14.4 Å². The van der Waals surface area contributed by atoms with Crippen molar-refractivity contribution in [3.8, 4) is 45.3 Å². The van der Waals surface area contributed by atoms with Crippen LogP contribution in [0.1, 0.15) is 29.2 Å². The van der Waals surface area contributed by atoms with Crippen molar-refractivity contribution in [2.75, 3.05) is 4.90 Å². The molecule has 3 nitrogen and oxygen atoms in total. The Morgan fingerprint density at radius 1 is 0.533 bits per heavy atom. The smallest absolute Gasteiger partial charge is 0.172 e. The summed E-state index contributed by atoms with van der Waals surface area (Å²) in [6.45, 7) is 6.00. The normalized spacial score (nSPS) is 14.2. The lowest BCUT2D eigenvalue weighted by molar-refractivity contribution is 0.359. The first kappa shape index (κ1) is 25.7. The van der Waals surface area contributed by atoms with Crippen LogP contribution in [-0.2, 0) is 5.41 Å². The molecule has 1 aliphatic heterocycles. The van der Waals surface area contributed by atoms with Crippen LogP contribution in [0.4, 0.5) is 11.4 Å². The number of para-hydroxylation sites is 1. The first-order chi connectivity index (χ1) is 22.2. The van der Waals surface area contributed by atoms with E-state index in [1.54, 1.807) is 0 Å². The molecular weight excluding hydrogens is 550 g/mol. The van der Waals surface area contributed by atoms with E-state index in [2.05, 4.69) is 128 Å². The topological polar surface area (TPSA) is 21.7 Å². The second-order valence-corrected chi connectivity index (χ2v) is 11.8. The van der Waals surface area contributed by atoms with Gasteiger partial charge >= 0.3 is 0 Å². The molecule has 214 valence electrons. The molecule has 0 radical (unpaired) electrons. The Labute approximate surface area is 262 Å². The highest BCUT2D eigenvalue weighted by Crippen LogP contribution is 2.64. The van der Waals surface area contributed by atoms with Gasteiger partial charge in [0, 0.05) is 23.1 Å². The molecule has 0 saturated carbocycles. The van der Waals surface area contributed by atoms with E-state index in [1.807, 2.05) is 36.4 Å². The van der Waals surface area contributed by atoms with Crippen LogP contribution in [0, 0.1) is 0 Å². The molecule has 1 heterocycles. The minimum absolute atomic E-state index is 0.434. The van der Waals surface area contributed by atoms with Crippen molar-refractivity contribution < 1.29 is 9.47 Å². The van der Waals surface area contributed by atoms with Crippen LogP contribution in [-0.4, -0.2) is 0 Å². The summed E-state index contributed by atoms with van der Waals surface area (Å²) in [7, 11) is 0. The third kappa shape index (κ3) is 3.52. The first-order valence-electron chi connectivity index (χ1n) is 15.3. The van der Waals surface area contributed by atoms with Gasteiger partial charge in [-0.3, -0.25) is 0 Å². The number of allylic oxidation sites excluding steroid dienone is 3. The first-order valence-corrected chi connectivity index (χ1v) is 15.3. The lowest BCUT2D eigenvalue weighted by atomic mass is 9.70. The van der Waals surface area contributed by atoms with Gasteiger partial charge in [0.1, 0.15) is 0 Å². The Balaban J connectivity index is 1.22. The van der Waals surface area contributed by atoms with Crippen molar-refractivity contribution in [1.29, 1.82) is 0 Å². The molecule has 0 aromatic heterocycles. The Morgan fingerprint density at radius 3 is 1.71 bits per heavy atom. The summed E-state index contributed by atoms with van der Waals surface area (Å²) in [5.74, 6) is 2.83. The Hall–Kier alpha value is -5.80. The van der Waals surface area contributed by atoms with Gasteiger partial charge in [-0.05, 0) is 93.9 Å². The van der Waals surface area contributed by atoms with Gasteiger partial charge in [-0.15, -0.1) is 0 Å². The third-order valence-corrected chi connectivity index (χ3v) is 9.41. The molecular formula is C42H29NO2. The van der Waals surface area contributed by atoms with Crippen LogP contribution >= 0.6 is 0 Å². The van der Waals surface area contributed by atoms with Gasteiger partial charge in [-0.25, -0.2) is 0 Å². The van der Waals surface area contributed by atoms with E-state index in [1.165, 1.54) is 44.5 Å². The number of ether oxygens (including phenoxy) is 2. The molecule has 0 fully saturated rings. The molecule has 9 rings (SSSR count). The lowest BCUT2D eigenvalue weighted by Gasteiger charge is -2.31. The molecule has 0 bridgehead atoms. The average molecular weight is 580 g/mol. The quantitative estimate of drug-likeness (QED) is 0.194. The molecule has 0 atom stereocenters. The average Bonchev–Trinajstić information content (AvgIpc) is 3.54. The van der Waals surface area contributed by atoms with Crippen molar-refractivity contribution in [3.63, 3.8) is 0 Å². The largest absolute Gasteiger partial charge is 0.449 e. The lowest BCUT2D eigenvalue weighted by Crippen LogP contribution is -2.25. The standard InChI is InChI=1S/C42H29NO2/c1-3-13-27(2)43(28-14-5-4-6-15-28)29-22-23-38-39(24-29)45-41-26-37-33(25-40(41)44-38)32-18-9-12-21-36(32)42(37)34-19-10-7-16-30(34)31-17-8-11-20-35(31)42/h3-26H,1H2,2H3/b27-13+. The molecule has 3 aliphatic rings. The van der Waals surface area contributed by atoms with Gasteiger partial charge in [0.15, 0.2) is 23.0 Å². The van der Waals surface area contributed by atoms with Crippen LogP contribution in [0.15, 0.2) is 158 Å². The van der Waals surface area contributed by atoms with E-state index in [-0.39, 0.29) is 0 Å². The van der Waals surface area contributed by atoms with Crippen molar-refractivity contribution in [3.05, 3.63) is 180 Å². The molecule has 0 unspecified atom stereocenters. The van der Waals surface area contributed by atoms with E-state index in [4.69, 9.17) is 9.47 Å². The van der Waals surface area contributed by atoms with E-state index in [0.717, 1.165) is 28.6 Å². The van der Waals surface area contributed by atoms with Gasteiger partial charge in [0.25, 0.3) is 0 Å². The van der Waals surface area contributed by atoms with Gasteiger partial charge in [-0.2, -0.15) is 0 Å². The van der Waals surface area contributed by atoms with Crippen LogP contribution in [0.2, 0.25) is 0 Å². The summed E-state index contributed by atoms with van der Waals surface area (Å²) in [5, 5.41) is 0. The van der Waals surface area contributed by atoms with E-state index >= 15 is 0 Å². The molecule has 45 heavy (non-hydrogen) atoms. The number of benzene rings is 6. The number of hydrogen-bond donors (Lipinski definition) is 0. The van der Waals surface area contributed by atoms with Gasteiger partial charge in [0.05, 0.1) is 5.41 Å². The molecule has 1 spiro atoms. The van der Waals surface area contributed by atoms with Crippen molar-refractivity contribution in [1.82, 2.24) is 0 Å². The second kappa shape index (κ2) is 9.60. The summed E-state index contributed by atoms with van der Waals surface area (Å²) in [6, 6.07) is 47.3. The van der Waals surface area contributed by atoms with Crippen LogP contribution in [0.5, 0.6) is 23.0 Å². The molecule has 3 heteroatoms. The highest BCUT2D eigenvalue weighted by atomic mass is 16.6. The van der Waals surface area contributed by atoms with E-state index in [0.29, 0.717) is 11.5 Å². The number of fused-ring (bicyclic) bond motifs is 12. The summed E-state index contributed by atoms with van der Waals surface area (Å²) in [5.41, 5.74) is 12.7. The minimum atomic E-state index is -0.434. The highest BCUT2D eigenvalue weighted by Gasteiger charge is 2.52. The fourth-order valence-electron chi connectivity index (χ4n) is 7.67.